The van der Waals surface area contributed by atoms with Crippen molar-refractivity contribution < 1.29 is 19.0 Å². The van der Waals surface area contributed by atoms with Crippen LogP contribution in [0.5, 0.6) is 17.2 Å². The molecule has 5 nitrogen and oxygen atoms in total. The van der Waals surface area contributed by atoms with Crippen molar-refractivity contribution in [3.8, 4) is 17.2 Å². The zero-order valence-electron chi connectivity index (χ0n) is 14.9. The van der Waals surface area contributed by atoms with Crippen molar-refractivity contribution in [2.45, 2.75) is 38.7 Å². The maximum absolute atomic E-state index is 12.5. The Morgan fingerprint density at radius 1 is 1.00 bits per heavy atom. The highest BCUT2D eigenvalue weighted by Gasteiger charge is 2.18. The molecule has 136 valence electrons. The molecule has 1 aliphatic carbocycles. The van der Waals surface area contributed by atoms with Crippen LogP contribution in [-0.4, -0.2) is 25.2 Å². The Bertz CT molecular complexity index is 818. The molecule has 0 spiro atoms. The normalized spacial score (nSPS) is 16.3. The van der Waals surface area contributed by atoms with Crippen molar-refractivity contribution in [3.05, 3.63) is 47.5 Å². The molecule has 5 heteroatoms. The fourth-order valence-electron chi connectivity index (χ4n) is 3.41. The molecule has 1 N–H and O–H groups in total. The summed E-state index contributed by atoms with van der Waals surface area (Å²) < 4.78 is 16.9. The molecule has 1 aliphatic heterocycles. The van der Waals surface area contributed by atoms with Gasteiger partial charge in [-0.2, -0.15) is 0 Å². The van der Waals surface area contributed by atoms with E-state index in [0.717, 1.165) is 18.6 Å². The average Bonchev–Trinajstić information content (AvgIpc) is 2.67. The van der Waals surface area contributed by atoms with E-state index in [1.54, 1.807) is 25.1 Å². The number of anilines is 1. The lowest BCUT2D eigenvalue weighted by Crippen LogP contribution is -2.30. The number of rotatable bonds is 4. The van der Waals surface area contributed by atoms with Crippen molar-refractivity contribution in [3.63, 3.8) is 0 Å². The number of benzene rings is 2. The SMILES string of the molecule is CC(Oc1ccc2c(c1)CCCC2)C(=O)Nc1ccc2c(c1)OCCO2. The van der Waals surface area contributed by atoms with Gasteiger partial charge in [-0.3, -0.25) is 4.79 Å². The van der Waals surface area contributed by atoms with Crippen molar-refractivity contribution in [1.82, 2.24) is 0 Å². The van der Waals surface area contributed by atoms with Gasteiger partial charge in [0.1, 0.15) is 19.0 Å². The quantitative estimate of drug-likeness (QED) is 0.910. The Morgan fingerprint density at radius 3 is 2.62 bits per heavy atom. The molecule has 1 heterocycles. The summed E-state index contributed by atoms with van der Waals surface area (Å²) in [6.45, 7) is 2.82. The van der Waals surface area contributed by atoms with E-state index in [0.29, 0.717) is 30.4 Å². The van der Waals surface area contributed by atoms with Crippen molar-refractivity contribution >= 4 is 11.6 Å². The third kappa shape index (κ3) is 3.62. The van der Waals surface area contributed by atoms with Gasteiger partial charge in [-0.25, -0.2) is 0 Å². The van der Waals surface area contributed by atoms with Crippen LogP contribution in [-0.2, 0) is 17.6 Å². The third-order valence-electron chi connectivity index (χ3n) is 4.81. The topological polar surface area (TPSA) is 56.8 Å². The van der Waals surface area contributed by atoms with E-state index in [9.17, 15) is 4.79 Å². The smallest absolute Gasteiger partial charge is 0.265 e. The summed E-state index contributed by atoms with van der Waals surface area (Å²) in [6, 6.07) is 11.5. The Hall–Kier alpha value is -2.69. The minimum absolute atomic E-state index is 0.195. The van der Waals surface area contributed by atoms with E-state index >= 15 is 0 Å². The summed E-state index contributed by atoms with van der Waals surface area (Å²) in [7, 11) is 0. The van der Waals surface area contributed by atoms with Crippen LogP contribution in [0.2, 0.25) is 0 Å². The number of hydrogen-bond donors (Lipinski definition) is 1. The van der Waals surface area contributed by atoms with Crippen molar-refractivity contribution in [1.29, 1.82) is 0 Å². The molecule has 4 rings (SSSR count). The highest BCUT2D eigenvalue weighted by atomic mass is 16.6. The molecule has 1 amide bonds. The van der Waals surface area contributed by atoms with Crippen molar-refractivity contribution in [2.24, 2.45) is 0 Å². The van der Waals surface area contributed by atoms with Crippen molar-refractivity contribution in [2.75, 3.05) is 18.5 Å². The molecule has 0 radical (unpaired) electrons. The van der Waals surface area contributed by atoms with Gasteiger partial charge >= 0.3 is 0 Å². The molecule has 0 saturated carbocycles. The first-order valence-corrected chi connectivity index (χ1v) is 9.18. The molecule has 2 aromatic rings. The molecule has 2 aromatic carbocycles. The molecule has 1 atom stereocenters. The number of aryl methyl sites for hydroxylation is 2. The summed E-state index contributed by atoms with van der Waals surface area (Å²) in [5, 5.41) is 2.87. The monoisotopic (exact) mass is 353 g/mol. The molecule has 2 aliphatic rings. The first kappa shape index (κ1) is 16.8. The van der Waals surface area contributed by atoms with E-state index < -0.39 is 6.10 Å². The Balaban J connectivity index is 1.40. The molecule has 0 aromatic heterocycles. The summed E-state index contributed by atoms with van der Waals surface area (Å²) in [5.74, 6) is 1.90. The van der Waals surface area contributed by atoms with Crippen LogP contribution in [0.25, 0.3) is 0 Å². The van der Waals surface area contributed by atoms with Gasteiger partial charge in [0.25, 0.3) is 5.91 Å². The van der Waals surface area contributed by atoms with E-state index in [1.165, 1.54) is 24.0 Å². The largest absolute Gasteiger partial charge is 0.486 e. The van der Waals surface area contributed by atoms with Gasteiger partial charge in [-0.15, -0.1) is 0 Å². The number of carbonyl (C=O) groups is 1. The summed E-state index contributed by atoms with van der Waals surface area (Å²) in [4.78, 5) is 12.5. The second-order valence-corrected chi connectivity index (χ2v) is 6.75. The minimum atomic E-state index is -0.593. The molecular formula is C21H23NO4. The average molecular weight is 353 g/mol. The van der Waals surface area contributed by atoms with Crippen LogP contribution in [0.1, 0.15) is 30.9 Å². The first-order chi connectivity index (χ1) is 12.7. The number of fused-ring (bicyclic) bond motifs is 2. The van der Waals surface area contributed by atoms with Gasteiger partial charge in [-0.05, 0) is 68.0 Å². The molecule has 0 saturated heterocycles. The number of hydrogen-bond acceptors (Lipinski definition) is 4. The Kier molecular flexibility index (Phi) is 4.69. The lowest BCUT2D eigenvalue weighted by atomic mass is 9.92. The van der Waals surface area contributed by atoms with E-state index in [4.69, 9.17) is 14.2 Å². The van der Waals surface area contributed by atoms with Crippen LogP contribution >= 0.6 is 0 Å². The summed E-state index contributed by atoms with van der Waals surface area (Å²) >= 11 is 0. The van der Waals surface area contributed by atoms with Crippen LogP contribution in [0.4, 0.5) is 5.69 Å². The summed E-state index contributed by atoms with van der Waals surface area (Å²) in [6.07, 6.45) is 4.10. The molecule has 26 heavy (non-hydrogen) atoms. The van der Waals surface area contributed by atoms with Crippen LogP contribution in [0.15, 0.2) is 36.4 Å². The minimum Gasteiger partial charge on any atom is -0.486 e. The van der Waals surface area contributed by atoms with E-state index in [2.05, 4.69) is 17.4 Å². The van der Waals surface area contributed by atoms with Gasteiger partial charge in [-0.1, -0.05) is 6.07 Å². The zero-order chi connectivity index (χ0) is 17.9. The molecular weight excluding hydrogens is 330 g/mol. The third-order valence-corrected chi connectivity index (χ3v) is 4.81. The summed E-state index contributed by atoms with van der Waals surface area (Å²) in [5.41, 5.74) is 3.41. The maximum atomic E-state index is 12.5. The second-order valence-electron chi connectivity index (χ2n) is 6.75. The lowest BCUT2D eigenvalue weighted by Gasteiger charge is -2.20. The number of ether oxygens (including phenoxy) is 3. The zero-order valence-corrected chi connectivity index (χ0v) is 14.9. The lowest BCUT2D eigenvalue weighted by molar-refractivity contribution is -0.122. The van der Waals surface area contributed by atoms with Crippen LogP contribution in [0.3, 0.4) is 0 Å². The molecule has 0 fully saturated rings. The number of carbonyl (C=O) groups excluding carboxylic acids is 1. The first-order valence-electron chi connectivity index (χ1n) is 9.18. The van der Waals surface area contributed by atoms with Gasteiger partial charge in [0.05, 0.1) is 0 Å². The fraction of sp³-hybridized carbons (Fsp3) is 0.381. The van der Waals surface area contributed by atoms with Gasteiger partial charge in [0.15, 0.2) is 17.6 Å². The van der Waals surface area contributed by atoms with Gasteiger partial charge in [0, 0.05) is 11.8 Å². The number of nitrogens with one attached hydrogen (secondary N) is 1. The maximum Gasteiger partial charge on any atom is 0.265 e. The molecule has 1 unspecified atom stereocenters. The van der Waals surface area contributed by atoms with Gasteiger partial charge < -0.3 is 19.5 Å². The van der Waals surface area contributed by atoms with Crippen LogP contribution < -0.4 is 19.5 Å². The molecule has 0 bridgehead atoms. The highest BCUT2D eigenvalue weighted by molar-refractivity contribution is 5.94. The Labute approximate surface area is 153 Å². The predicted octanol–water partition coefficient (Wildman–Crippen LogP) is 3.74. The van der Waals surface area contributed by atoms with Gasteiger partial charge in [0.2, 0.25) is 0 Å². The number of amides is 1. The van der Waals surface area contributed by atoms with E-state index in [-0.39, 0.29) is 5.91 Å². The Morgan fingerprint density at radius 2 is 1.77 bits per heavy atom. The predicted molar refractivity (Wildman–Crippen MR) is 99.2 cm³/mol. The second kappa shape index (κ2) is 7.28. The standard InChI is InChI=1S/C21H23NO4/c1-14(26-18-8-6-15-4-2-3-5-16(15)12-18)21(23)22-17-7-9-19-20(13-17)25-11-10-24-19/h6-9,12-14H,2-5,10-11H2,1H3,(H,22,23). The fourth-order valence-corrected chi connectivity index (χ4v) is 3.41. The van der Waals surface area contributed by atoms with Crippen LogP contribution in [0, 0.1) is 0 Å². The highest BCUT2D eigenvalue weighted by Crippen LogP contribution is 2.32. The van der Waals surface area contributed by atoms with E-state index in [1.807, 2.05) is 6.07 Å².